The minimum atomic E-state index is -4.35. The largest absolute Gasteiger partial charge is 1.00 e. The molecule has 0 radical (unpaired) electrons. The zero-order valence-electron chi connectivity index (χ0n) is 5.59. The summed E-state index contributed by atoms with van der Waals surface area (Å²) in [6.07, 6.45) is 0. The van der Waals surface area contributed by atoms with Crippen molar-refractivity contribution < 1.29 is 76.1 Å². The van der Waals surface area contributed by atoms with Crippen molar-refractivity contribution in [3.8, 4) is 0 Å². The topological polar surface area (TPSA) is 43.4 Å². The fraction of sp³-hybridized carbons (Fsp3) is 0. The molecule has 7 heteroatoms. The van der Waals surface area contributed by atoms with Gasteiger partial charge in [0.15, 0.2) is 0 Å². The van der Waals surface area contributed by atoms with Crippen LogP contribution in [0.1, 0.15) is 0 Å². The Bertz CT molecular complexity index is 135. The Balaban J connectivity index is -0.000000180. The first kappa shape index (κ1) is 12.5. The van der Waals surface area contributed by atoms with Crippen LogP contribution < -0.4 is 59.1 Å². The predicted octanol–water partition coefficient (Wildman–Crippen LogP) is -6.37. The van der Waals surface area contributed by atoms with Gasteiger partial charge in [-0.1, -0.05) is 0 Å². The zero-order chi connectivity index (χ0) is 5.91. The molecule has 0 bridgehead atoms. The first-order valence-electron chi connectivity index (χ1n) is 1.36. The third-order valence-electron chi connectivity index (χ3n) is 0.115. The summed E-state index contributed by atoms with van der Waals surface area (Å²) in [6.45, 7) is -0.567. The molecular formula is CH2FNa2O3S+. The Labute approximate surface area is 93.8 Å². The molecule has 0 unspecified atom stereocenters. The Morgan fingerprint density at radius 3 is 2.00 bits per heavy atom. The van der Waals surface area contributed by atoms with Crippen molar-refractivity contribution in [1.29, 1.82) is 1.12 Å². The molecule has 8 heavy (non-hydrogen) atoms. The molecule has 0 aromatic heterocycles. The molecule has 0 spiro atoms. The van der Waals surface area contributed by atoms with Crippen LogP contribution in [0.3, 0.4) is 0 Å². The maximum atomic E-state index is 10.6. The Morgan fingerprint density at radius 2 is 2.00 bits per heavy atom. The van der Waals surface area contributed by atoms with Gasteiger partial charge in [0.2, 0.25) is 12.0 Å². The maximum absolute atomic E-state index is 10.6. The molecule has 0 aromatic carbocycles. The fourth-order valence-electron chi connectivity index (χ4n) is 0.0297. The van der Waals surface area contributed by atoms with E-state index in [0.29, 0.717) is 0 Å². The minimum Gasteiger partial charge on any atom is -0.429 e. The van der Waals surface area contributed by atoms with E-state index in [-0.39, 0.29) is 59.1 Å². The summed E-state index contributed by atoms with van der Waals surface area (Å²) in [7, 11) is -4.35. The van der Waals surface area contributed by atoms with Crippen molar-refractivity contribution in [3.05, 3.63) is 6.86 Å². The third kappa shape index (κ3) is 15.7. The van der Waals surface area contributed by atoms with E-state index in [9.17, 15) is 12.8 Å². The van der Waals surface area contributed by atoms with Crippen LogP contribution in [0.15, 0.2) is 0 Å². The van der Waals surface area contributed by atoms with E-state index in [1.807, 2.05) is 0 Å². The summed E-state index contributed by atoms with van der Waals surface area (Å²) in [4.78, 5) is 0. The average molecular weight is 160 g/mol. The smallest absolute Gasteiger partial charge is 0.429 e. The second-order valence-corrected chi connectivity index (χ2v) is 0.990. The average Bonchev–Trinajstić information content (AvgIpc) is 1.30. The van der Waals surface area contributed by atoms with Crippen LogP contribution in [0.2, 0.25) is 0 Å². The van der Waals surface area contributed by atoms with Gasteiger partial charge >= 0.3 is 59.1 Å². The molecule has 0 rings (SSSR count). The molecule has 0 aliphatic carbocycles. The maximum Gasteiger partial charge on any atom is 1.00 e. The van der Waals surface area contributed by atoms with Gasteiger partial charge in [-0.2, -0.15) is 0 Å². The number of hydrogen-bond donors (Lipinski definition) is 1. The van der Waals surface area contributed by atoms with Crippen molar-refractivity contribution in [2.75, 3.05) is 0 Å². The monoisotopic (exact) mass is 160 g/mol. The predicted molar refractivity (Wildman–Crippen MR) is 16.8 cm³/mol. The van der Waals surface area contributed by atoms with Crippen molar-refractivity contribution in [2.24, 2.45) is 0 Å². The van der Waals surface area contributed by atoms with E-state index in [2.05, 4.69) is 4.18 Å². The molecule has 0 atom stereocenters. The summed E-state index contributed by atoms with van der Waals surface area (Å²) < 4.78 is 38.3. The molecule has 0 aliphatic rings. The van der Waals surface area contributed by atoms with Crippen LogP contribution in [0, 0.1) is 6.86 Å². The molecule has 3 nitrogen and oxygen atoms in total. The summed E-state index contributed by atoms with van der Waals surface area (Å²) in [5.74, 6) is 0. The van der Waals surface area contributed by atoms with Crippen LogP contribution in [-0.2, 0) is 15.1 Å². The van der Waals surface area contributed by atoms with Crippen LogP contribution in [0.5, 0.6) is 0 Å². The molecule has 0 saturated heterocycles. The van der Waals surface area contributed by atoms with Crippen LogP contribution >= 0.6 is 0 Å². The van der Waals surface area contributed by atoms with Crippen LogP contribution in [0.4, 0.5) is 4.39 Å². The molecule has 0 amide bonds. The van der Waals surface area contributed by atoms with Gasteiger partial charge in [-0.15, -0.1) is 0 Å². The van der Waals surface area contributed by atoms with Crippen molar-refractivity contribution >= 4 is 10.9 Å². The Morgan fingerprint density at radius 1 is 1.62 bits per heavy atom. The van der Waals surface area contributed by atoms with Crippen molar-refractivity contribution in [3.63, 3.8) is 0 Å². The molecular weight excluding hydrogens is 157 g/mol. The molecule has 0 fully saturated rings. The first-order valence-corrected chi connectivity index (χ1v) is 1.95. The fourth-order valence-corrected chi connectivity index (χ4v) is 0.0891. The van der Waals surface area contributed by atoms with Gasteiger partial charge in [-0.05, 0) is 6.86 Å². The van der Waals surface area contributed by atoms with Gasteiger partial charge < -0.3 is 8.57 Å². The second kappa shape index (κ2) is 11.6. The first-order chi connectivity index (χ1) is 3.06. The molecule has 0 aliphatic heterocycles. The quantitative estimate of drug-likeness (QED) is 0.248. The summed E-state index contributed by atoms with van der Waals surface area (Å²) in [5, 5.41) is 0. The van der Waals surface area contributed by atoms with Gasteiger partial charge in [0.25, 0.3) is 0 Å². The van der Waals surface area contributed by atoms with Crippen LogP contribution in [0.25, 0.3) is 0 Å². The second-order valence-electron chi connectivity index (χ2n) is 0.389. The van der Waals surface area contributed by atoms with E-state index in [1.165, 1.54) is 0 Å². The molecule has 0 aromatic rings. The number of halogens is 1. The zero-order valence-corrected chi connectivity index (χ0v) is 9.40. The van der Waals surface area contributed by atoms with E-state index in [4.69, 9.17) is 1.12 Å². The molecule has 0 N–H and O–H groups in total. The van der Waals surface area contributed by atoms with Crippen LogP contribution in [-0.4, -0.2) is 9.54 Å². The van der Waals surface area contributed by atoms with E-state index in [0.717, 1.165) is 0 Å². The SMILES string of the molecule is [2H]S(=O)(=O)O[CH-]F.[Na+].[Na+]. The summed E-state index contributed by atoms with van der Waals surface area (Å²) >= 11 is 0. The van der Waals surface area contributed by atoms with E-state index < -0.39 is 17.7 Å². The summed E-state index contributed by atoms with van der Waals surface area (Å²) in [6, 6.07) is 0. The summed E-state index contributed by atoms with van der Waals surface area (Å²) in [5.41, 5.74) is 0. The molecule has 38 valence electrons. The third-order valence-corrected chi connectivity index (χ3v) is 0.345. The Hall–Kier alpha value is 1.84. The normalized spacial score (nSPS) is 10.4. The number of rotatable bonds is 2. The molecule has 0 heterocycles. The minimum absolute atomic E-state index is 0. The standard InChI is InChI=1S/CH2FO3S.2Na/c2-1-5-6(3)4;;/h1,6H;;/q-1;2*+1/i6D;;. The van der Waals surface area contributed by atoms with Gasteiger partial charge in [0, 0.05) is 0 Å². The van der Waals surface area contributed by atoms with E-state index in [1.54, 1.807) is 0 Å². The van der Waals surface area contributed by atoms with Gasteiger partial charge in [-0.3, -0.25) is 0 Å². The van der Waals surface area contributed by atoms with E-state index >= 15 is 0 Å². The Kier molecular flexibility index (Phi) is 18.2. The van der Waals surface area contributed by atoms with Crippen molar-refractivity contribution in [1.82, 2.24) is 0 Å². The van der Waals surface area contributed by atoms with Crippen molar-refractivity contribution in [2.45, 2.75) is 0 Å². The number of thiol groups is 1. The van der Waals surface area contributed by atoms with Gasteiger partial charge in [-0.25, -0.2) is 8.42 Å². The molecule has 0 saturated carbocycles. The number of hydrogen-bond acceptors (Lipinski definition) is 3. The van der Waals surface area contributed by atoms with Gasteiger partial charge in [0.1, 0.15) is 0 Å². The van der Waals surface area contributed by atoms with Gasteiger partial charge in [0.05, 0.1) is 0 Å².